The van der Waals surface area contributed by atoms with Crippen LogP contribution >= 0.6 is 11.8 Å². The largest absolute Gasteiger partial charge is 0.493 e. The predicted molar refractivity (Wildman–Crippen MR) is 120 cm³/mol. The van der Waals surface area contributed by atoms with Crippen LogP contribution in [0.1, 0.15) is 16.8 Å². The highest BCUT2D eigenvalue weighted by Gasteiger charge is 2.13. The Bertz CT molecular complexity index is 732. The molecule has 1 amide bonds. The van der Waals surface area contributed by atoms with Crippen LogP contribution in [0, 0.1) is 0 Å². The molecule has 1 fully saturated rings. The summed E-state index contributed by atoms with van der Waals surface area (Å²) in [5, 5.41) is 3.02. The van der Waals surface area contributed by atoms with Crippen molar-refractivity contribution in [2.45, 2.75) is 11.3 Å². The maximum absolute atomic E-state index is 12.3. The van der Waals surface area contributed by atoms with Gasteiger partial charge in [0.2, 0.25) is 0 Å². The molecule has 0 saturated carbocycles. The minimum atomic E-state index is -0.0189. The van der Waals surface area contributed by atoms with Gasteiger partial charge in [-0.05, 0) is 56.4 Å². The lowest BCUT2D eigenvalue weighted by molar-refractivity contribution is 0.0949. The SMILES string of the molecule is CN1CCN(CCCNC(=O)c2ccc(OCCSc3ccccc3)cc2)CC1. The van der Waals surface area contributed by atoms with Gasteiger partial charge in [-0.1, -0.05) is 18.2 Å². The number of benzene rings is 2. The summed E-state index contributed by atoms with van der Waals surface area (Å²) >= 11 is 1.77. The molecule has 1 saturated heterocycles. The molecule has 0 bridgehead atoms. The summed E-state index contributed by atoms with van der Waals surface area (Å²) in [4.78, 5) is 18.4. The lowest BCUT2D eigenvalue weighted by Crippen LogP contribution is -2.45. The molecule has 156 valence electrons. The molecule has 0 atom stereocenters. The molecule has 2 aromatic rings. The first-order valence-electron chi connectivity index (χ1n) is 10.3. The van der Waals surface area contributed by atoms with Gasteiger partial charge in [-0.3, -0.25) is 4.79 Å². The molecule has 0 aromatic heterocycles. The van der Waals surface area contributed by atoms with Crippen LogP contribution < -0.4 is 10.1 Å². The van der Waals surface area contributed by atoms with Crippen LogP contribution in [0.5, 0.6) is 5.75 Å². The average molecular weight is 414 g/mol. The number of hydrogen-bond acceptors (Lipinski definition) is 5. The molecule has 29 heavy (non-hydrogen) atoms. The third kappa shape index (κ3) is 7.72. The van der Waals surface area contributed by atoms with Crippen molar-refractivity contribution in [3.8, 4) is 5.75 Å². The number of rotatable bonds is 10. The maximum Gasteiger partial charge on any atom is 0.251 e. The highest BCUT2D eigenvalue weighted by molar-refractivity contribution is 7.99. The molecule has 0 aliphatic carbocycles. The second kappa shape index (κ2) is 11.9. The van der Waals surface area contributed by atoms with Crippen molar-refractivity contribution in [1.82, 2.24) is 15.1 Å². The Hall–Kier alpha value is -2.02. The first-order chi connectivity index (χ1) is 14.2. The van der Waals surface area contributed by atoms with Crippen LogP contribution in [0.3, 0.4) is 0 Å². The van der Waals surface area contributed by atoms with E-state index in [1.54, 1.807) is 11.8 Å². The lowest BCUT2D eigenvalue weighted by Gasteiger charge is -2.32. The van der Waals surface area contributed by atoms with Crippen LogP contribution in [0.2, 0.25) is 0 Å². The summed E-state index contributed by atoms with van der Waals surface area (Å²) in [6, 6.07) is 17.7. The number of carbonyl (C=O) groups is 1. The smallest absolute Gasteiger partial charge is 0.251 e. The van der Waals surface area contributed by atoms with Crippen molar-refractivity contribution in [3.63, 3.8) is 0 Å². The fraction of sp³-hybridized carbons (Fsp3) is 0.435. The summed E-state index contributed by atoms with van der Waals surface area (Å²) in [6.07, 6.45) is 0.982. The van der Waals surface area contributed by atoms with Gasteiger partial charge >= 0.3 is 0 Å². The number of piperazine rings is 1. The lowest BCUT2D eigenvalue weighted by atomic mass is 10.2. The molecule has 0 unspecified atom stereocenters. The number of amides is 1. The van der Waals surface area contributed by atoms with Gasteiger partial charge < -0.3 is 19.9 Å². The van der Waals surface area contributed by atoms with Crippen LogP contribution in [0.25, 0.3) is 0 Å². The van der Waals surface area contributed by atoms with Crippen molar-refractivity contribution >= 4 is 17.7 Å². The van der Waals surface area contributed by atoms with E-state index < -0.39 is 0 Å². The number of likely N-dealkylation sites (N-methyl/N-ethyl adjacent to an activating group) is 1. The molecule has 2 aromatic carbocycles. The highest BCUT2D eigenvalue weighted by atomic mass is 32.2. The second-order valence-corrected chi connectivity index (χ2v) is 8.46. The van der Waals surface area contributed by atoms with Crippen molar-refractivity contribution in [3.05, 3.63) is 60.2 Å². The quantitative estimate of drug-likeness (QED) is 0.479. The second-order valence-electron chi connectivity index (χ2n) is 7.29. The fourth-order valence-electron chi connectivity index (χ4n) is 3.22. The van der Waals surface area contributed by atoms with Crippen molar-refractivity contribution < 1.29 is 9.53 Å². The zero-order chi connectivity index (χ0) is 20.3. The summed E-state index contributed by atoms with van der Waals surface area (Å²) in [5.41, 5.74) is 0.676. The molecule has 1 aliphatic heterocycles. The molecule has 1 aliphatic rings. The average Bonchev–Trinajstić information content (AvgIpc) is 2.76. The van der Waals surface area contributed by atoms with E-state index in [4.69, 9.17) is 4.74 Å². The number of nitrogens with zero attached hydrogens (tertiary/aromatic N) is 2. The van der Waals surface area contributed by atoms with Gasteiger partial charge in [-0.15, -0.1) is 11.8 Å². The Kier molecular flexibility index (Phi) is 8.86. The molecule has 3 rings (SSSR count). The van der Waals surface area contributed by atoms with Crippen LogP contribution in [-0.4, -0.2) is 74.4 Å². The Morgan fingerprint density at radius 2 is 1.76 bits per heavy atom. The Morgan fingerprint density at radius 1 is 1.03 bits per heavy atom. The van der Waals surface area contributed by atoms with Crippen LogP contribution in [-0.2, 0) is 0 Å². The summed E-state index contributed by atoms with van der Waals surface area (Å²) in [6.45, 7) is 6.89. The molecule has 1 heterocycles. The summed E-state index contributed by atoms with van der Waals surface area (Å²) < 4.78 is 5.77. The molecule has 6 heteroatoms. The fourth-order valence-corrected chi connectivity index (χ4v) is 3.97. The van der Waals surface area contributed by atoms with E-state index in [1.807, 2.05) is 42.5 Å². The van der Waals surface area contributed by atoms with E-state index in [2.05, 4.69) is 34.3 Å². The van der Waals surface area contributed by atoms with Crippen molar-refractivity contribution in [1.29, 1.82) is 0 Å². The number of nitrogens with one attached hydrogen (secondary N) is 1. The van der Waals surface area contributed by atoms with Crippen LogP contribution in [0.15, 0.2) is 59.5 Å². The summed E-state index contributed by atoms with van der Waals surface area (Å²) in [5.74, 6) is 1.67. The molecule has 0 radical (unpaired) electrons. The van der Waals surface area contributed by atoms with Crippen LogP contribution in [0.4, 0.5) is 0 Å². The first-order valence-corrected chi connectivity index (χ1v) is 11.3. The molecular weight excluding hydrogens is 382 g/mol. The van der Waals surface area contributed by atoms with Gasteiger partial charge in [0.25, 0.3) is 5.91 Å². The van der Waals surface area contributed by atoms with E-state index in [0.29, 0.717) is 18.7 Å². The van der Waals surface area contributed by atoms with E-state index in [0.717, 1.165) is 50.6 Å². The van der Waals surface area contributed by atoms with E-state index in [-0.39, 0.29) is 5.91 Å². The number of ether oxygens (including phenoxy) is 1. The number of carbonyl (C=O) groups excluding carboxylic acids is 1. The van der Waals surface area contributed by atoms with E-state index in [9.17, 15) is 4.79 Å². The summed E-state index contributed by atoms with van der Waals surface area (Å²) in [7, 11) is 2.16. The zero-order valence-corrected chi connectivity index (χ0v) is 18.0. The Labute approximate surface area is 178 Å². The maximum atomic E-state index is 12.3. The Balaban J connectivity index is 1.30. The van der Waals surface area contributed by atoms with Gasteiger partial charge in [-0.25, -0.2) is 0 Å². The number of thioether (sulfide) groups is 1. The zero-order valence-electron chi connectivity index (χ0n) is 17.2. The Morgan fingerprint density at radius 3 is 2.48 bits per heavy atom. The predicted octanol–water partition coefficient (Wildman–Crippen LogP) is 3.23. The topological polar surface area (TPSA) is 44.8 Å². The van der Waals surface area contributed by atoms with E-state index in [1.165, 1.54) is 4.90 Å². The van der Waals surface area contributed by atoms with Crippen molar-refractivity contribution in [2.24, 2.45) is 0 Å². The normalized spacial score (nSPS) is 15.2. The van der Waals surface area contributed by atoms with E-state index >= 15 is 0 Å². The van der Waals surface area contributed by atoms with Gasteiger partial charge in [0, 0.05) is 48.9 Å². The molecule has 0 spiro atoms. The third-order valence-corrected chi connectivity index (χ3v) is 5.99. The van der Waals surface area contributed by atoms with Gasteiger partial charge in [0.05, 0.1) is 6.61 Å². The minimum absolute atomic E-state index is 0.0189. The molecular formula is C23H31N3O2S. The highest BCUT2D eigenvalue weighted by Crippen LogP contribution is 2.18. The first kappa shape index (κ1) is 21.7. The molecule has 5 nitrogen and oxygen atoms in total. The van der Waals surface area contributed by atoms with Gasteiger partial charge in [0.1, 0.15) is 5.75 Å². The monoisotopic (exact) mass is 413 g/mol. The van der Waals surface area contributed by atoms with Gasteiger partial charge in [-0.2, -0.15) is 0 Å². The third-order valence-electron chi connectivity index (χ3n) is 5.01. The minimum Gasteiger partial charge on any atom is -0.493 e. The molecule has 1 N–H and O–H groups in total. The van der Waals surface area contributed by atoms with Crippen molar-refractivity contribution in [2.75, 3.05) is 58.7 Å². The van der Waals surface area contributed by atoms with Gasteiger partial charge in [0.15, 0.2) is 0 Å². The standard InChI is InChI=1S/C23H31N3O2S/c1-25-14-16-26(17-15-25)13-5-12-24-23(27)20-8-10-21(11-9-20)28-18-19-29-22-6-3-2-4-7-22/h2-4,6-11H,5,12-19H2,1H3,(H,24,27). The number of hydrogen-bond donors (Lipinski definition) is 1.